The molecule has 0 radical (unpaired) electrons. The van der Waals surface area contributed by atoms with Gasteiger partial charge >= 0.3 is 0 Å². The number of rotatable bonds is 7. The van der Waals surface area contributed by atoms with Gasteiger partial charge in [-0.3, -0.25) is 0 Å². The van der Waals surface area contributed by atoms with E-state index < -0.39 is 0 Å². The Kier molecular flexibility index (Phi) is 4.62. The first kappa shape index (κ1) is 15.0. The summed E-state index contributed by atoms with van der Waals surface area (Å²) >= 11 is 3.69. The summed E-state index contributed by atoms with van der Waals surface area (Å²) in [7, 11) is 2.02. The number of thiazole rings is 1. The molecule has 0 spiro atoms. The fourth-order valence-electron chi connectivity index (χ4n) is 2.48. The molecule has 114 valence electrons. The molecule has 0 aliphatic heterocycles. The maximum absolute atomic E-state index is 5.00. The second kappa shape index (κ2) is 6.46. The van der Waals surface area contributed by atoms with E-state index in [-0.39, 0.29) is 0 Å². The third-order valence-corrected chi connectivity index (χ3v) is 5.76. The van der Waals surface area contributed by atoms with Crippen LogP contribution in [0.1, 0.15) is 48.1 Å². The van der Waals surface area contributed by atoms with Crippen molar-refractivity contribution in [3.05, 3.63) is 33.0 Å². The summed E-state index contributed by atoms with van der Waals surface area (Å²) in [5.41, 5.74) is 1.35. The molecule has 1 saturated carbocycles. The van der Waals surface area contributed by atoms with Crippen LogP contribution in [0.15, 0.2) is 17.5 Å². The van der Waals surface area contributed by atoms with E-state index in [4.69, 9.17) is 4.98 Å². The van der Waals surface area contributed by atoms with Crippen LogP contribution in [0, 0.1) is 0 Å². The van der Waals surface area contributed by atoms with Crippen molar-refractivity contribution < 1.29 is 0 Å². The van der Waals surface area contributed by atoms with Crippen LogP contribution in [0.4, 0.5) is 5.13 Å². The zero-order valence-electron chi connectivity index (χ0n) is 12.9. The van der Waals surface area contributed by atoms with Crippen molar-refractivity contribution in [2.24, 2.45) is 0 Å². The summed E-state index contributed by atoms with van der Waals surface area (Å²) in [5, 5.41) is 6.62. The van der Waals surface area contributed by atoms with Gasteiger partial charge in [0.1, 0.15) is 0 Å². The Bertz CT molecular complexity index is 570. The molecule has 1 fully saturated rings. The van der Waals surface area contributed by atoms with E-state index in [1.54, 1.807) is 0 Å². The van der Waals surface area contributed by atoms with Crippen LogP contribution >= 0.6 is 22.7 Å². The van der Waals surface area contributed by atoms with E-state index in [1.165, 1.54) is 33.4 Å². The fourth-order valence-corrected chi connectivity index (χ4v) is 4.47. The van der Waals surface area contributed by atoms with Gasteiger partial charge in [-0.1, -0.05) is 6.07 Å². The molecule has 0 bridgehead atoms. The van der Waals surface area contributed by atoms with Gasteiger partial charge in [-0.25, -0.2) is 4.98 Å². The Morgan fingerprint density at radius 2 is 2.24 bits per heavy atom. The predicted octanol–water partition coefficient (Wildman–Crippen LogP) is 4.22. The second-order valence-corrected chi connectivity index (χ2v) is 8.00. The molecule has 1 N–H and O–H groups in total. The van der Waals surface area contributed by atoms with E-state index in [9.17, 15) is 0 Å². The molecule has 1 aliphatic rings. The van der Waals surface area contributed by atoms with Gasteiger partial charge in [0, 0.05) is 28.3 Å². The smallest absolute Gasteiger partial charge is 0.186 e. The maximum Gasteiger partial charge on any atom is 0.186 e. The Balaban J connectivity index is 1.86. The molecule has 3 rings (SSSR count). The van der Waals surface area contributed by atoms with Crippen molar-refractivity contribution in [1.29, 1.82) is 0 Å². The summed E-state index contributed by atoms with van der Waals surface area (Å²) in [6.07, 6.45) is 2.62. The van der Waals surface area contributed by atoms with Gasteiger partial charge in [0.2, 0.25) is 0 Å². The van der Waals surface area contributed by atoms with Crippen molar-refractivity contribution in [3.63, 3.8) is 0 Å². The molecule has 0 amide bonds. The summed E-state index contributed by atoms with van der Waals surface area (Å²) in [6.45, 7) is 6.41. The lowest BCUT2D eigenvalue weighted by atomic mass is 10.2. The molecule has 2 heterocycles. The Morgan fingerprint density at radius 1 is 1.43 bits per heavy atom. The van der Waals surface area contributed by atoms with Gasteiger partial charge in [0.05, 0.1) is 12.2 Å². The fraction of sp³-hybridized carbons (Fsp3) is 0.562. The number of nitrogens with one attached hydrogen (secondary N) is 1. The molecule has 0 atom stereocenters. The highest BCUT2D eigenvalue weighted by molar-refractivity contribution is 7.15. The molecular weight excluding hydrogens is 298 g/mol. The molecule has 1 aliphatic carbocycles. The zero-order chi connectivity index (χ0) is 14.8. The van der Waals surface area contributed by atoms with Crippen LogP contribution < -0.4 is 10.2 Å². The summed E-state index contributed by atoms with van der Waals surface area (Å²) in [6, 6.07) is 4.81. The van der Waals surface area contributed by atoms with E-state index in [0.29, 0.717) is 12.0 Å². The molecule has 0 saturated heterocycles. The Morgan fingerprint density at radius 3 is 2.81 bits per heavy atom. The average molecular weight is 322 g/mol. The van der Waals surface area contributed by atoms with Gasteiger partial charge in [-0.15, -0.1) is 22.7 Å². The first-order chi connectivity index (χ1) is 10.2. The minimum absolute atomic E-state index is 0.465. The predicted molar refractivity (Wildman–Crippen MR) is 92.5 cm³/mol. The number of anilines is 1. The molecule has 2 aromatic heterocycles. The summed E-state index contributed by atoms with van der Waals surface area (Å²) < 4.78 is 0. The zero-order valence-corrected chi connectivity index (χ0v) is 14.6. The van der Waals surface area contributed by atoms with Gasteiger partial charge in [0.15, 0.2) is 5.13 Å². The van der Waals surface area contributed by atoms with Crippen LogP contribution in [-0.4, -0.2) is 18.1 Å². The monoisotopic (exact) mass is 321 g/mol. The highest BCUT2D eigenvalue weighted by atomic mass is 32.1. The molecule has 0 aromatic carbocycles. The minimum atomic E-state index is 0.465. The Hall–Kier alpha value is -0.910. The highest BCUT2D eigenvalue weighted by Gasteiger charge is 2.30. The SMILES string of the molecule is CNCc1sc(N(Cc2cccs2)C(C)C)nc1C1CC1. The van der Waals surface area contributed by atoms with Crippen LogP contribution in [0.3, 0.4) is 0 Å². The van der Waals surface area contributed by atoms with E-state index >= 15 is 0 Å². The number of hydrogen-bond acceptors (Lipinski definition) is 5. The van der Waals surface area contributed by atoms with E-state index in [1.807, 2.05) is 29.7 Å². The third kappa shape index (κ3) is 3.47. The van der Waals surface area contributed by atoms with E-state index in [2.05, 4.69) is 41.6 Å². The van der Waals surface area contributed by atoms with Gasteiger partial charge in [-0.2, -0.15) is 0 Å². The summed E-state index contributed by atoms with van der Waals surface area (Å²) in [4.78, 5) is 10.3. The molecule has 21 heavy (non-hydrogen) atoms. The average Bonchev–Trinajstić information content (AvgIpc) is 3.00. The number of hydrogen-bond donors (Lipinski definition) is 1. The topological polar surface area (TPSA) is 28.2 Å². The van der Waals surface area contributed by atoms with E-state index in [0.717, 1.165) is 13.1 Å². The van der Waals surface area contributed by atoms with Crippen molar-refractivity contribution in [2.75, 3.05) is 11.9 Å². The number of thiophene rings is 1. The number of aromatic nitrogens is 1. The lowest BCUT2D eigenvalue weighted by Gasteiger charge is -2.25. The van der Waals surface area contributed by atoms with Crippen molar-refractivity contribution in [2.45, 2.75) is 51.7 Å². The molecule has 2 aromatic rings. The van der Waals surface area contributed by atoms with Crippen LogP contribution in [-0.2, 0) is 13.1 Å². The van der Waals surface area contributed by atoms with Crippen molar-refractivity contribution >= 4 is 27.8 Å². The largest absolute Gasteiger partial charge is 0.341 e. The number of nitrogens with zero attached hydrogens (tertiary/aromatic N) is 2. The normalized spacial score (nSPS) is 14.9. The van der Waals surface area contributed by atoms with Crippen LogP contribution in [0.5, 0.6) is 0 Å². The second-order valence-electron chi connectivity index (χ2n) is 5.91. The Labute approximate surface area is 135 Å². The third-order valence-electron chi connectivity index (χ3n) is 3.79. The van der Waals surface area contributed by atoms with Crippen molar-refractivity contribution in [1.82, 2.24) is 10.3 Å². The maximum atomic E-state index is 5.00. The summed E-state index contributed by atoms with van der Waals surface area (Å²) in [5.74, 6) is 0.717. The standard InChI is InChI=1S/C16H23N3S2/c1-11(2)19(10-13-5-4-8-20-13)16-18-15(12-6-7-12)14(21-16)9-17-3/h4-5,8,11-12,17H,6-7,9-10H2,1-3H3. The minimum Gasteiger partial charge on any atom is -0.341 e. The highest BCUT2D eigenvalue weighted by Crippen LogP contribution is 2.44. The van der Waals surface area contributed by atoms with Gasteiger partial charge in [-0.05, 0) is 45.2 Å². The first-order valence-electron chi connectivity index (χ1n) is 7.62. The van der Waals surface area contributed by atoms with Crippen LogP contribution in [0.25, 0.3) is 0 Å². The van der Waals surface area contributed by atoms with Gasteiger partial charge < -0.3 is 10.2 Å². The lowest BCUT2D eigenvalue weighted by molar-refractivity contribution is 0.683. The first-order valence-corrected chi connectivity index (χ1v) is 9.32. The van der Waals surface area contributed by atoms with Crippen molar-refractivity contribution in [3.8, 4) is 0 Å². The lowest BCUT2D eigenvalue weighted by Crippen LogP contribution is -2.29. The quantitative estimate of drug-likeness (QED) is 0.828. The molecular formula is C16H23N3S2. The van der Waals surface area contributed by atoms with Crippen LogP contribution in [0.2, 0.25) is 0 Å². The molecule has 5 heteroatoms. The molecule has 3 nitrogen and oxygen atoms in total. The van der Waals surface area contributed by atoms with Gasteiger partial charge in [0.25, 0.3) is 0 Å². The molecule has 0 unspecified atom stereocenters.